The molecular weight excluding hydrogens is 282 g/mol. The van der Waals surface area contributed by atoms with Gasteiger partial charge in [-0.05, 0) is 13.3 Å². The van der Waals surface area contributed by atoms with E-state index in [9.17, 15) is 9.59 Å². The summed E-state index contributed by atoms with van der Waals surface area (Å²) in [7, 11) is 1.29. The van der Waals surface area contributed by atoms with Crippen molar-refractivity contribution in [3.8, 4) is 0 Å². The Kier molecular flexibility index (Phi) is 4.14. The quantitative estimate of drug-likeness (QED) is 0.867. The minimum atomic E-state index is -0.488. The minimum Gasteiger partial charge on any atom is -0.465 e. The predicted molar refractivity (Wildman–Crippen MR) is 72.0 cm³/mol. The number of rotatable bonds is 4. The Balaban J connectivity index is 2.17. The summed E-state index contributed by atoms with van der Waals surface area (Å²) in [5.41, 5.74) is 0.993. The summed E-state index contributed by atoms with van der Waals surface area (Å²) in [6.45, 7) is 3.55. The zero-order valence-electron chi connectivity index (χ0n) is 11.2. The normalized spacial score (nSPS) is 10.3. The molecule has 0 aromatic carbocycles. The van der Waals surface area contributed by atoms with Gasteiger partial charge in [-0.2, -0.15) is 0 Å². The summed E-state index contributed by atoms with van der Waals surface area (Å²) in [6, 6.07) is 0. The van der Waals surface area contributed by atoms with Crippen LogP contribution >= 0.6 is 11.3 Å². The molecule has 8 heteroatoms. The SMILES string of the molecule is CCc1noc(C)c1C(=O)Nc1ncc(C(=O)OC)s1. The van der Waals surface area contributed by atoms with Crippen LogP contribution in [0.2, 0.25) is 0 Å². The van der Waals surface area contributed by atoms with Crippen LogP contribution < -0.4 is 5.32 Å². The van der Waals surface area contributed by atoms with Crippen molar-refractivity contribution in [1.82, 2.24) is 10.1 Å². The van der Waals surface area contributed by atoms with Crippen molar-refractivity contribution in [2.24, 2.45) is 0 Å². The summed E-state index contributed by atoms with van der Waals surface area (Å²) < 4.78 is 9.58. The van der Waals surface area contributed by atoms with Crippen molar-refractivity contribution in [1.29, 1.82) is 0 Å². The van der Waals surface area contributed by atoms with E-state index >= 15 is 0 Å². The third kappa shape index (κ3) is 2.69. The lowest BCUT2D eigenvalue weighted by molar-refractivity contribution is 0.0606. The highest BCUT2D eigenvalue weighted by Crippen LogP contribution is 2.21. The third-order valence-corrected chi connectivity index (χ3v) is 3.50. The van der Waals surface area contributed by atoms with Gasteiger partial charge in [-0.15, -0.1) is 0 Å². The number of esters is 1. The number of hydrogen-bond donors (Lipinski definition) is 1. The van der Waals surface area contributed by atoms with Gasteiger partial charge in [0.25, 0.3) is 5.91 Å². The smallest absolute Gasteiger partial charge is 0.349 e. The van der Waals surface area contributed by atoms with E-state index in [4.69, 9.17) is 4.52 Å². The summed E-state index contributed by atoms with van der Waals surface area (Å²) in [4.78, 5) is 27.7. The lowest BCUT2D eigenvalue weighted by atomic mass is 10.1. The minimum absolute atomic E-state index is 0.318. The van der Waals surface area contributed by atoms with Crippen LogP contribution in [0.25, 0.3) is 0 Å². The number of nitrogens with one attached hydrogen (secondary N) is 1. The maximum atomic E-state index is 12.2. The second-order valence-corrected chi connectivity index (χ2v) is 4.92. The average molecular weight is 295 g/mol. The van der Waals surface area contributed by atoms with Gasteiger partial charge in [0.15, 0.2) is 5.13 Å². The number of hydrogen-bond acceptors (Lipinski definition) is 7. The monoisotopic (exact) mass is 295 g/mol. The Morgan fingerprint density at radius 2 is 2.25 bits per heavy atom. The van der Waals surface area contributed by atoms with E-state index < -0.39 is 5.97 Å². The number of methoxy groups -OCH3 is 1. The van der Waals surface area contributed by atoms with Crippen molar-refractivity contribution >= 4 is 28.3 Å². The molecule has 0 aliphatic carbocycles. The molecule has 7 nitrogen and oxygen atoms in total. The average Bonchev–Trinajstić information content (AvgIpc) is 3.04. The lowest BCUT2D eigenvalue weighted by Gasteiger charge is -2.00. The van der Waals surface area contributed by atoms with E-state index in [0.717, 1.165) is 11.3 Å². The van der Waals surface area contributed by atoms with Crippen molar-refractivity contribution in [3.63, 3.8) is 0 Å². The molecule has 2 aromatic heterocycles. The number of aryl methyl sites for hydroxylation is 2. The summed E-state index contributed by atoms with van der Waals surface area (Å²) in [6.07, 6.45) is 1.94. The van der Waals surface area contributed by atoms with Crippen LogP contribution in [0.1, 0.15) is 38.4 Å². The zero-order valence-corrected chi connectivity index (χ0v) is 12.0. The summed E-state index contributed by atoms with van der Waals surface area (Å²) in [5, 5.41) is 6.75. The number of carbonyl (C=O) groups is 2. The van der Waals surface area contributed by atoms with Gasteiger partial charge in [-0.1, -0.05) is 23.4 Å². The van der Waals surface area contributed by atoms with Crippen molar-refractivity contribution < 1.29 is 18.8 Å². The highest BCUT2D eigenvalue weighted by atomic mass is 32.1. The molecule has 0 radical (unpaired) electrons. The number of amides is 1. The Hall–Kier alpha value is -2.22. The lowest BCUT2D eigenvalue weighted by Crippen LogP contribution is -2.14. The highest BCUT2D eigenvalue weighted by molar-refractivity contribution is 7.17. The number of carbonyl (C=O) groups excluding carboxylic acids is 2. The third-order valence-electron chi connectivity index (χ3n) is 2.61. The molecule has 2 rings (SSSR count). The van der Waals surface area contributed by atoms with E-state index in [2.05, 4.69) is 20.2 Å². The van der Waals surface area contributed by atoms with Gasteiger partial charge in [0.05, 0.1) is 19.0 Å². The largest absolute Gasteiger partial charge is 0.465 e. The molecule has 0 saturated carbocycles. The van der Waals surface area contributed by atoms with Crippen LogP contribution in [-0.4, -0.2) is 29.1 Å². The van der Waals surface area contributed by atoms with Crippen LogP contribution in [0.5, 0.6) is 0 Å². The molecule has 0 bridgehead atoms. The molecule has 0 aliphatic heterocycles. The Labute approximate surface area is 118 Å². The molecular formula is C12H13N3O4S. The van der Waals surface area contributed by atoms with Gasteiger partial charge in [0.1, 0.15) is 16.2 Å². The Morgan fingerprint density at radius 1 is 1.50 bits per heavy atom. The molecule has 1 amide bonds. The second-order valence-electron chi connectivity index (χ2n) is 3.89. The Morgan fingerprint density at radius 3 is 2.90 bits per heavy atom. The van der Waals surface area contributed by atoms with Gasteiger partial charge in [-0.3, -0.25) is 10.1 Å². The Bertz CT molecular complexity index is 647. The van der Waals surface area contributed by atoms with Gasteiger partial charge in [0, 0.05) is 0 Å². The molecule has 0 unspecified atom stereocenters. The van der Waals surface area contributed by atoms with Crippen LogP contribution in [0.3, 0.4) is 0 Å². The zero-order chi connectivity index (χ0) is 14.7. The topological polar surface area (TPSA) is 94.3 Å². The molecule has 2 aromatic rings. The molecule has 0 aliphatic rings. The first-order chi connectivity index (χ1) is 9.56. The van der Waals surface area contributed by atoms with Gasteiger partial charge in [0.2, 0.25) is 0 Å². The summed E-state index contributed by atoms with van der Waals surface area (Å²) >= 11 is 1.04. The van der Waals surface area contributed by atoms with Gasteiger partial charge in [-0.25, -0.2) is 9.78 Å². The molecule has 0 atom stereocenters. The van der Waals surface area contributed by atoms with E-state index in [1.165, 1.54) is 13.3 Å². The van der Waals surface area contributed by atoms with Crippen LogP contribution in [0, 0.1) is 6.92 Å². The fraction of sp³-hybridized carbons (Fsp3) is 0.333. The number of anilines is 1. The van der Waals surface area contributed by atoms with E-state index in [-0.39, 0.29) is 5.91 Å². The number of thiazole rings is 1. The highest BCUT2D eigenvalue weighted by Gasteiger charge is 2.20. The molecule has 0 saturated heterocycles. The standard InChI is InChI=1S/C12H13N3O4S/c1-4-7-9(6(2)19-15-7)10(16)14-12-13-5-8(20-12)11(17)18-3/h5H,4H2,1-3H3,(H,13,14,16). The first kappa shape index (κ1) is 14.2. The second kappa shape index (κ2) is 5.83. The molecule has 2 heterocycles. The van der Waals surface area contributed by atoms with Gasteiger partial charge < -0.3 is 9.26 Å². The summed E-state index contributed by atoms with van der Waals surface area (Å²) in [5.74, 6) is -0.395. The number of nitrogens with zero attached hydrogens (tertiary/aromatic N) is 2. The van der Waals surface area contributed by atoms with Gasteiger partial charge >= 0.3 is 5.97 Å². The van der Waals surface area contributed by atoms with Crippen LogP contribution in [-0.2, 0) is 11.2 Å². The van der Waals surface area contributed by atoms with Crippen molar-refractivity contribution in [3.05, 3.63) is 28.1 Å². The van der Waals surface area contributed by atoms with E-state index in [1.807, 2.05) is 6.92 Å². The first-order valence-corrected chi connectivity index (χ1v) is 6.69. The molecule has 106 valence electrons. The van der Waals surface area contributed by atoms with Crippen molar-refractivity contribution in [2.75, 3.05) is 12.4 Å². The van der Waals surface area contributed by atoms with Crippen LogP contribution in [0.4, 0.5) is 5.13 Å². The van der Waals surface area contributed by atoms with Crippen LogP contribution in [0.15, 0.2) is 10.7 Å². The molecule has 1 N–H and O–H groups in total. The first-order valence-electron chi connectivity index (χ1n) is 5.87. The fourth-order valence-corrected chi connectivity index (χ4v) is 2.37. The number of ether oxygens (including phenoxy) is 1. The molecule has 0 fully saturated rings. The van der Waals surface area contributed by atoms with Crippen molar-refractivity contribution in [2.45, 2.75) is 20.3 Å². The maximum absolute atomic E-state index is 12.2. The van der Waals surface area contributed by atoms with E-state index in [1.54, 1.807) is 6.92 Å². The van der Waals surface area contributed by atoms with E-state index in [0.29, 0.717) is 33.4 Å². The predicted octanol–water partition coefficient (Wildman–Crippen LogP) is 2.04. The number of aromatic nitrogens is 2. The molecule has 0 spiro atoms. The fourth-order valence-electron chi connectivity index (χ4n) is 1.64. The maximum Gasteiger partial charge on any atom is 0.349 e. The molecule has 20 heavy (non-hydrogen) atoms.